The van der Waals surface area contributed by atoms with E-state index in [1.54, 1.807) is 6.07 Å². The summed E-state index contributed by atoms with van der Waals surface area (Å²) in [5.74, 6) is -1.30. The number of carboxylic acid groups (broad SMARTS) is 1. The molecule has 0 spiro atoms. The number of hydrogen-bond donors (Lipinski definition) is 3. The average molecular weight is 333 g/mol. The second-order valence-corrected chi connectivity index (χ2v) is 6.27. The Kier molecular flexibility index (Phi) is 4.64. The van der Waals surface area contributed by atoms with Crippen LogP contribution in [0.1, 0.15) is 22.3 Å². The van der Waals surface area contributed by atoms with Crippen molar-refractivity contribution in [3.63, 3.8) is 0 Å². The first-order valence-corrected chi connectivity index (χ1v) is 7.99. The summed E-state index contributed by atoms with van der Waals surface area (Å²) in [5.41, 5.74) is 5.57. The maximum Gasteiger partial charge on any atom is 0.341 e. The van der Waals surface area contributed by atoms with Crippen molar-refractivity contribution in [2.45, 2.75) is 12.8 Å². The summed E-state index contributed by atoms with van der Waals surface area (Å²) in [7, 11) is 0. The topological polar surface area (TPSA) is 99.4 Å². The Morgan fingerprint density at radius 3 is 2.92 bits per heavy atom. The number of halogens is 1. The number of aromatic nitrogens is 1. The molecule has 2 aromatic rings. The number of nitrogens with two attached hydrogens (primary N) is 1. The third-order valence-electron chi connectivity index (χ3n) is 4.68. The minimum atomic E-state index is -1.33. The van der Waals surface area contributed by atoms with Crippen LogP contribution in [0.4, 0.5) is 4.39 Å². The molecule has 6 nitrogen and oxygen atoms in total. The minimum Gasteiger partial charge on any atom is -0.477 e. The summed E-state index contributed by atoms with van der Waals surface area (Å²) in [4.78, 5) is 28.1. The molecule has 1 atom stereocenters. The molecule has 1 aromatic heterocycles. The molecular weight excluding hydrogens is 313 g/mol. The molecule has 1 fully saturated rings. The Hall–Kier alpha value is -2.25. The van der Waals surface area contributed by atoms with Crippen LogP contribution in [-0.4, -0.2) is 47.1 Å². The summed E-state index contributed by atoms with van der Waals surface area (Å²) in [6, 6.07) is 2.72. The van der Waals surface area contributed by atoms with Gasteiger partial charge in [0.15, 0.2) is 0 Å². The Labute approximate surface area is 138 Å². The van der Waals surface area contributed by atoms with Crippen molar-refractivity contribution in [1.82, 2.24) is 9.88 Å². The minimum absolute atomic E-state index is 0.0560. The van der Waals surface area contributed by atoms with Gasteiger partial charge in [0, 0.05) is 30.2 Å². The van der Waals surface area contributed by atoms with Crippen LogP contribution in [0.25, 0.3) is 10.9 Å². The second kappa shape index (κ2) is 6.70. The Morgan fingerprint density at radius 1 is 1.46 bits per heavy atom. The van der Waals surface area contributed by atoms with Gasteiger partial charge in [-0.1, -0.05) is 0 Å². The number of H-pyrrole nitrogens is 1. The number of likely N-dealkylation sites (tertiary alicyclic amines) is 1. The number of rotatable bonds is 5. The molecule has 1 aromatic carbocycles. The fourth-order valence-corrected chi connectivity index (χ4v) is 3.22. The molecule has 24 heavy (non-hydrogen) atoms. The van der Waals surface area contributed by atoms with E-state index in [1.165, 1.54) is 0 Å². The van der Waals surface area contributed by atoms with Gasteiger partial charge in [-0.25, -0.2) is 9.18 Å². The van der Waals surface area contributed by atoms with Crippen molar-refractivity contribution in [2.24, 2.45) is 11.7 Å². The Bertz CT molecular complexity index is 834. The highest BCUT2D eigenvalue weighted by Gasteiger charge is 2.21. The van der Waals surface area contributed by atoms with Crippen molar-refractivity contribution in [1.29, 1.82) is 0 Å². The van der Waals surface area contributed by atoms with E-state index in [4.69, 9.17) is 10.8 Å². The predicted octanol–water partition coefficient (Wildman–Crippen LogP) is 1.19. The number of carbonyl (C=O) groups is 1. The van der Waals surface area contributed by atoms with Gasteiger partial charge in [0.2, 0.25) is 5.43 Å². The quantitative estimate of drug-likeness (QED) is 0.763. The first-order chi connectivity index (χ1) is 11.5. The fraction of sp³-hybridized carbons (Fsp3) is 0.412. The van der Waals surface area contributed by atoms with E-state index in [0.717, 1.165) is 38.3 Å². The van der Waals surface area contributed by atoms with Gasteiger partial charge in [-0.2, -0.15) is 0 Å². The van der Waals surface area contributed by atoms with Gasteiger partial charge in [-0.15, -0.1) is 0 Å². The van der Waals surface area contributed by atoms with Gasteiger partial charge in [-0.05, 0) is 49.5 Å². The van der Waals surface area contributed by atoms with Crippen LogP contribution in [0.2, 0.25) is 0 Å². The predicted molar refractivity (Wildman–Crippen MR) is 88.8 cm³/mol. The van der Waals surface area contributed by atoms with Crippen LogP contribution in [0, 0.1) is 11.7 Å². The molecule has 1 saturated heterocycles. The number of benzene rings is 1. The van der Waals surface area contributed by atoms with Gasteiger partial charge in [0.05, 0.1) is 0 Å². The number of pyridine rings is 1. The maximum atomic E-state index is 14.3. The third kappa shape index (κ3) is 3.18. The number of nitrogens with zero attached hydrogens (tertiary/aromatic N) is 1. The van der Waals surface area contributed by atoms with Gasteiger partial charge >= 0.3 is 5.97 Å². The molecule has 128 valence electrons. The molecular formula is C17H20FN3O3. The number of aromatic carboxylic acids is 1. The summed E-state index contributed by atoms with van der Waals surface area (Å²) in [5, 5.41) is 9.02. The van der Waals surface area contributed by atoms with Crippen molar-refractivity contribution in [3.8, 4) is 0 Å². The number of nitrogens with one attached hydrogen (secondary N) is 1. The monoisotopic (exact) mass is 333 g/mol. The van der Waals surface area contributed by atoms with E-state index in [-0.39, 0.29) is 10.9 Å². The normalized spacial score (nSPS) is 18.3. The molecule has 0 bridgehead atoms. The van der Waals surface area contributed by atoms with Crippen LogP contribution in [-0.2, 0) is 6.42 Å². The van der Waals surface area contributed by atoms with E-state index < -0.39 is 17.2 Å². The number of fused-ring (bicyclic) bond motifs is 1. The van der Waals surface area contributed by atoms with Crippen LogP contribution in [0.5, 0.6) is 0 Å². The lowest BCUT2D eigenvalue weighted by Crippen LogP contribution is -2.25. The molecule has 0 aliphatic carbocycles. The summed E-state index contributed by atoms with van der Waals surface area (Å²) < 4.78 is 14.3. The highest BCUT2D eigenvalue weighted by atomic mass is 19.1. The number of aromatic amines is 1. The van der Waals surface area contributed by atoms with E-state index in [1.807, 2.05) is 0 Å². The van der Waals surface area contributed by atoms with E-state index in [0.29, 0.717) is 30.0 Å². The molecule has 1 unspecified atom stereocenters. The highest BCUT2D eigenvalue weighted by molar-refractivity contribution is 5.92. The lowest BCUT2D eigenvalue weighted by Gasteiger charge is -2.16. The first-order valence-electron chi connectivity index (χ1n) is 7.99. The zero-order valence-electron chi connectivity index (χ0n) is 13.2. The van der Waals surface area contributed by atoms with Crippen LogP contribution in [0.15, 0.2) is 23.1 Å². The Balaban J connectivity index is 1.82. The van der Waals surface area contributed by atoms with E-state index in [9.17, 15) is 14.0 Å². The second-order valence-electron chi connectivity index (χ2n) is 6.27. The number of carboxylic acids is 1. The van der Waals surface area contributed by atoms with Crippen molar-refractivity contribution < 1.29 is 14.3 Å². The molecule has 4 N–H and O–H groups in total. The van der Waals surface area contributed by atoms with Crippen molar-refractivity contribution in [3.05, 3.63) is 45.5 Å². The molecule has 0 radical (unpaired) electrons. The first kappa shape index (κ1) is 16.6. The molecule has 3 rings (SSSR count). The SMILES string of the molecule is NCC1CCN(CCc2cc3[nH]cc(C(=O)O)c(=O)c3cc2F)C1. The maximum absolute atomic E-state index is 14.3. The number of hydrogen-bond acceptors (Lipinski definition) is 4. The molecule has 0 amide bonds. The fourth-order valence-electron chi connectivity index (χ4n) is 3.22. The van der Waals surface area contributed by atoms with Crippen LogP contribution < -0.4 is 11.2 Å². The van der Waals surface area contributed by atoms with Crippen molar-refractivity contribution >= 4 is 16.9 Å². The van der Waals surface area contributed by atoms with Gasteiger partial charge < -0.3 is 20.7 Å². The smallest absolute Gasteiger partial charge is 0.341 e. The van der Waals surface area contributed by atoms with Gasteiger partial charge in [0.1, 0.15) is 11.4 Å². The average Bonchev–Trinajstić information content (AvgIpc) is 3.01. The molecule has 1 aliphatic rings. The molecule has 0 saturated carbocycles. The lowest BCUT2D eigenvalue weighted by molar-refractivity contribution is 0.0695. The zero-order valence-corrected chi connectivity index (χ0v) is 13.2. The highest BCUT2D eigenvalue weighted by Crippen LogP contribution is 2.19. The third-order valence-corrected chi connectivity index (χ3v) is 4.68. The molecule has 1 aliphatic heterocycles. The van der Waals surface area contributed by atoms with Crippen LogP contribution >= 0.6 is 0 Å². The lowest BCUT2D eigenvalue weighted by atomic mass is 10.1. The van der Waals surface area contributed by atoms with Gasteiger partial charge in [0.25, 0.3) is 0 Å². The van der Waals surface area contributed by atoms with E-state index in [2.05, 4.69) is 9.88 Å². The van der Waals surface area contributed by atoms with Crippen molar-refractivity contribution in [2.75, 3.05) is 26.2 Å². The molecule has 2 heterocycles. The summed E-state index contributed by atoms with van der Waals surface area (Å²) >= 11 is 0. The van der Waals surface area contributed by atoms with Crippen LogP contribution in [0.3, 0.4) is 0 Å². The standard InChI is InChI=1S/C17H20FN3O3/c18-14-6-12-15(20-8-13(16(12)22)17(23)24)5-11(14)2-4-21-3-1-10(7-19)9-21/h5-6,8,10H,1-4,7,9,19H2,(H,20,22)(H,23,24). The largest absolute Gasteiger partial charge is 0.477 e. The van der Waals surface area contributed by atoms with Gasteiger partial charge in [-0.3, -0.25) is 4.79 Å². The summed E-state index contributed by atoms with van der Waals surface area (Å²) in [6.07, 6.45) is 2.75. The molecule has 7 heteroatoms. The Morgan fingerprint density at radius 2 is 2.25 bits per heavy atom. The summed E-state index contributed by atoms with van der Waals surface area (Å²) in [6.45, 7) is 3.31. The zero-order chi connectivity index (χ0) is 17.3. The van der Waals surface area contributed by atoms with E-state index >= 15 is 0 Å².